The summed E-state index contributed by atoms with van der Waals surface area (Å²) in [5.41, 5.74) is 2.17. The third-order valence-corrected chi connectivity index (χ3v) is 8.07. The van der Waals surface area contributed by atoms with Crippen molar-refractivity contribution in [3.05, 3.63) is 90.2 Å². The van der Waals surface area contributed by atoms with E-state index in [0.717, 1.165) is 22.2 Å². The summed E-state index contributed by atoms with van der Waals surface area (Å²) in [4.78, 5) is 29.4. The number of hydrogen-bond donors (Lipinski definition) is 0. The molecule has 1 fully saturated rings. The summed E-state index contributed by atoms with van der Waals surface area (Å²) in [5, 5.41) is 9.71. The fourth-order valence-corrected chi connectivity index (χ4v) is 5.83. The van der Waals surface area contributed by atoms with E-state index in [1.54, 1.807) is 29.8 Å². The monoisotopic (exact) mass is 573 g/mol. The molecule has 0 saturated carbocycles. The minimum atomic E-state index is -0.436. The predicted molar refractivity (Wildman–Crippen MR) is 157 cm³/mol. The zero-order chi connectivity index (χ0) is 28.8. The first kappa shape index (κ1) is 28.4. The van der Waals surface area contributed by atoms with E-state index in [0.29, 0.717) is 49.6 Å². The Morgan fingerprint density at radius 2 is 1.80 bits per heavy atom. The first-order valence-electron chi connectivity index (χ1n) is 13.6. The molecule has 0 radical (unpaired) electrons. The van der Waals surface area contributed by atoms with Crippen LogP contribution in [-0.2, 0) is 4.79 Å². The van der Waals surface area contributed by atoms with Crippen LogP contribution in [0.3, 0.4) is 0 Å². The number of piperazine rings is 1. The molecule has 1 aromatic heterocycles. The van der Waals surface area contributed by atoms with Crippen LogP contribution in [0, 0.1) is 5.82 Å². The van der Waals surface area contributed by atoms with Crippen LogP contribution in [0.1, 0.15) is 30.1 Å². The Morgan fingerprint density at radius 3 is 2.56 bits per heavy atom. The molecule has 0 aliphatic carbocycles. The number of hydrogen-bond acceptors (Lipinski definition) is 6. The van der Waals surface area contributed by atoms with E-state index >= 15 is 0 Å². The van der Waals surface area contributed by atoms with E-state index in [1.165, 1.54) is 18.2 Å². The third-order valence-electron chi connectivity index (χ3n) is 7.05. The maximum absolute atomic E-state index is 13.6. The van der Waals surface area contributed by atoms with Crippen LogP contribution in [0.2, 0.25) is 0 Å². The molecule has 10 heteroatoms. The minimum Gasteiger partial charge on any atom is -0.497 e. The van der Waals surface area contributed by atoms with E-state index in [1.807, 2.05) is 71.0 Å². The first-order chi connectivity index (χ1) is 19.9. The van der Waals surface area contributed by atoms with Gasteiger partial charge in [-0.25, -0.2) is 4.39 Å². The highest BCUT2D eigenvalue weighted by atomic mass is 32.2. The molecule has 2 amide bonds. The van der Waals surface area contributed by atoms with Gasteiger partial charge in [-0.3, -0.25) is 14.2 Å². The number of ether oxygens (including phenoxy) is 1. The summed E-state index contributed by atoms with van der Waals surface area (Å²) >= 11 is 1.56. The lowest BCUT2D eigenvalue weighted by atomic mass is 10.1. The summed E-state index contributed by atoms with van der Waals surface area (Å²) in [6, 6.07) is 23.2. The highest BCUT2D eigenvalue weighted by Gasteiger charge is 2.30. The zero-order valence-corrected chi connectivity index (χ0v) is 23.9. The number of thioether (sulfide) groups is 1. The average Bonchev–Trinajstić information content (AvgIpc) is 3.43. The van der Waals surface area contributed by atoms with Crippen LogP contribution in [0.5, 0.6) is 5.75 Å². The lowest BCUT2D eigenvalue weighted by Gasteiger charge is -2.40. The maximum atomic E-state index is 13.6. The largest absolute Gasteiger partial charge is 0.497 e. The van der Waals surface area contributed by atoms with Gasteiger partial charge in [0.15, 0.2) is 11.0 Å². The summed E-state index contributed by atoms with van der Waals surface area (Å²) in [5.74, 6) is 1.57. The van der Waals surface area contributed by atoms with Crippen LogP contribution < -0.4 is 4.74 Å². The van der Waals surface area contributed by atoms with Gasteiger partial charge in [0.25, 0.3) is 5.91 Å². The van der Waals surface area contributed by atoms with Crippen LogP contribution in [0.15, 0.2) is 84.0 Å². The fraction of sp³-hybridized carbons (Fsp3) is 0.290. The SMILES string of the molecule is COc1cccc(-c2nnc(SCCCC(=O)N3CCN(C(=O)c4cccc(F)c4)C(C)C3)n2-c2ccccc2)c1. The highest BCUT2D eigenvalue weighted by molar-refractivity contribution is 7.99. The highest BCUT2D eigenvalue weighted by Crippen LogP contribution is 2.30. The Bertz CT molecular complexity index is 1510. The van der Waals surface area contributed by atoms with E-state index in [9.17, 15) is 14.0 Å². The molecule has 1 aliphatic rings. The Hall–Kier alpha value is -4.18. The van der Waals surface area contributed by atoms with Crippen LogP contribution in [-0.4, -0.2) is 74.9 Å². The molecule has 1 unspecified atom stereocenters. The number of halogens is 1. The Labute approximate surface area is 243 Å². The molecule has 0 spiro atoms. The summed E-state index contributed by atoms with van der Waals surface area (Å²) in [7, 11) is 1.64. The van der Waals surface area contributed by atoms with Crippen LogP contribution in [0.25, 0.3) is 17.1 Å². The van der Waals surface area contributed by atoms with E-state index in [2.05, 4.69) is 10.2 Å². The second kappa shape index (κ2) is 13.0. The maximum Gasteiger partial charge on any atom is 0.254 e. The van der Waals surface area contributed by atoms with Crippen molar-refractivity contribution >= 4 is 23.6 Å². The third kappa shape index (κ3) is 6.59. The lowest BCUT2D eigenvalue weighted by Crippen LogP contribution is -2.55. The molecule has 1 atom stereocenters. The number of benzene rings is 3. The topological polar surface area (TPSA) is 80.6 Å². The average molecular weight is 574 g/mol. The molecule has 0 N–H and O–H groups in total. The van der Waals surface area contributed by atoms with E-state index in [4.69, 9.17) is 4.74 Å². The van der Waals surface area contributed by atoms with Gasteiger partial charge in [-0.15, -0.1) is 10.2 Å². The van der Waals surface area contributed by atoms with Gasteiger partial charge in [-0.2, -0.15) is 0 Å². The normalized spacial score (nSPS) is 15.1. The minimum absolute atomic E-state index is 0.0666. The zero-order valence-electron chi connectivity index (χ0n) is 23.1. The number of carbonyl (C=O) groups excluding carboxylic acids is 2. The molecular weight excluding hydrogens is 541 g/mol. The van der Waals surface area contributed by atoms with E-state index < -0.39 is 5.82 Å². The van der Waals surface area contributed by atoms with Crippen molar-refractivity contribution in [3.63, 3.8) is 0 Å². The van der Waals surface area contributed by atoms with Gasteiger partial charge < -0.3 is 14.5 Å². The molecular formula is C31H32FN5O3S. The van der Waals surface area contributed by atoms with Gasteiger partial charge in [0.1, 0.15) is 11.6 Å². The summed E-state index contributed by atoms with van der Waals surface area (Å²) < 4.78 is 21.0. The Kier molecular flexibility index (Phi) is 8.98. The fourth-order valence-electron chi connectivity index (χ4n) is 4.94. The van der Waals surface area contributed by atoms with Crippen molar-refractivity contribution < 1.29 is 18.7 Å². The number of aromatic nitrogens is 3. The molecule has 212 valence electrons. The molecule has 4 aromatic rings. The first-order valence-corrected chi connectivity index (χ1v) is 14.6. The van der Waals surface area contributed by atoms with Gasteiger partial charge in [0.2, 0.25) is 5.91 Å². The molecule has 8 nitrogen and oxygen atoms in total. The van der Waals surface area contributed by atoms with Crippen molar-refractivity contribution in [1.82, 2.24) is 24.6 Å². The molecule has 1 aliphatic heterocycles. The second-order valence-corrected chi connectivity index (χ2v) is 10.9. The molecule has 2 heterocycles. The van der Waals surface area contributed by atoms with Crippen molar-refractivity contribution in [2.75, 3.05) is 32.5 Å². The smallest absolute Gasteiger partial charge is 0.254 e. The molecule has 1 saturated heterocycles. The quantitative estimate of drug-likeness (QED) is 0.199. The summed E-state index contributed by atoms with van der Waals surface area (Å²) in [6.45, 7) is 3.26. The Balaban J connectivity index is 1.18. The molecule has 41 heavy (non-hydrogen) atoms. The molecule has 0 bridgehead atoms. The molecule has 5 rings (SSSR count). The van der Waals surface area contributed by atoms with Crippen molar-refractivity contribution in [1.29, 1.82) is 0 Å². The van der Waals surface area contributed by atoms with Gasteiger partial charge >= 0.3 is 0 Å². The summed E-state index contributed by atoms with van der Waals surface area (Å²) in [6.07, 6.45) is 1.08. The van der Waals surface area contributed by atoms with Gasteiger partial charge in [0, 0.05) is 54.7 Å². The number of methoxy groups -OCH3 is 1. The van der Waals surface area contributed by atoms with Gasteiger partial charge in [0.05, 0.1) is 7.11 Å². The number of carbonyl (C=O) groups is 2. The number of para-hydroxylation sites is 1. The number of nitrogens with zero attached hydrogens (tertiary/aromatic N) is 5. The van der Waals surface area contributed by atoms with Crippen molar-refractivity contribution in [3.8, 4) is 22.8 Å². The number of amides is 2. The molecule has 3 aromatic carbocycles. The number of rotatable bonds is 9. The van der Waals surface area contributed by atoms with E-state index in [-0.39, 0.29) is 17.9 Å². The van der Waals surface area contributed by atoms with Crippen molar-refractivity contribution in [2.24, 2.45) is 0 Å². The van der Waals surface area contributed by atoms with Crippen LogP contribution in [0.4, 0.5) is 4.39 Å². The second-order valence-electron chi connectivity index (χ2n) is 9.86. The van der Waals surface area contributed by atoms with Crippen molar-refractivity contribution in [2.45, 2.75) is 31.0 Å². The standard InChI is InChI=1S/C31H32FN5O3S/c1-22-21-35(16-17-36(22)30(39)24-10-6-11-25(32)19-24)28(38)15-8-18-41-31-34-33-29(23-9-7-14-27(20-23)40-2)37(31)26-12-4-3-5-13-26/h3-7,9-14,19-20,22H,8,15-18,21H2,1-2H3. The predicted octanol–water partition coefficient (Wildman–Crippen LogP) is 5.33. The lowest BCUT2D eigenvalue weighted by molar-refractivity contribution is -0.133. The van der Waals surface area contributed by atoms with Gasteiger partial charge in [-0.1, -0.05) is 48.2 Å². The van der Waals surface area contributed by atoms with Crippen LogP contribution >= 0.6 is 11.8 Å². The van der Waals surface area contributed by atoms with Gasteiger partial charge in [-0.05, 0) is 55.8 Å². The Morgan fingerprint density at radius 1 is 1.00 bits per heavy atom.